The van der Waals surface area contributed by atoms with E-state index >= 15 is 0 Å². The van der Waals surface area contributed by atoms with Crippen molar-refractivity contribution < 1.29 is 14.3 Å². The van der Waals surface area contributed by atoms with E-state index < -0.39 is 5.41 Å². The summed E-state index contributed by atoms with van der Waals surface area (Å²) in [5, 5.41) is 12.0. The molecule has 1 heterocycles. The van der Waals surface area contributed by atoms with Crippen LogP contribution in [0.15, 0.2) is 0 Å². The van der Waals surface area contributed by atoms with Crippen LogP contribution >= 0.6 is 0 Å². The number of amides is 1. The number of nitrogens with zero attached hydrogens (tertiary/aromatic N) is 2. The average molecular weight is 269 g/mol. The third-order valence-electron chi connectivity index (χ3n) is 3.21. The molecule has 1 N–H and O–H groups in total. The average Bonchev–Trinajstić information content (AvgIpc) is 2.42. The maximum Gasteiger partial charge on any atom is 0.240 e. The van der Waals surface area contributed by atoms with E-state index in [1.54, 1.807) is 0 Å². The van der Waals surface area contributed by atoms with Crippen LogP contribution in [-0.2, 0) is 14.3 Å². The lowest BCUT2D eigenvalue weighted by Gasteiger charge is -2.29. The number of carbonyl (C=O) groups excluding carboxylic acids is 1. The smallest absolute Gasteiger partial charge is 0.240 e. The Balaban J connectivity index is 2.21. The van der Waals surface area contributed by atoms with Crippen molar-refractivity contribution in [1.82, 2.24) is 10.2 Å². The maximum absolute atomic E-state index is 12.0. The van der Waals surface area contributed by atoms with Crippen molar-refractivity contribution in [3.8, 4) is 6.07 Å². The first kappa shape index (κ1) is 15.9. The van der Waals surface area contributed by atoms with Gasteiger partial charge in [0, 0.05) is 26.3 Å². The summed E-state index contributed by atoms with van der Waals surface area (Å²) >= 11 is 0. The molecule has 0 spiro atoms. The fourth-order valence-electron chi connectivity index (χ4n) is 1.86. The molecule has 1 amide bonds. The van der Waals surface area contributed by atoms with Crippen LogP contribution in [0.2, 0.25) is 0 Å². The lowest BCUT2D eigenvalue weighted by Crippen LogP contribution is -2.44. The normalized spacial score (nSPS) is 18.0. The number of rotatable bonds is 7. The fourth-order valence-corrected chi connectivity index (χ4v) is 1.86. The van der Waals surface area contributed by atoms with E-state index in [1.807, 2.05) is 19.0 Å². The first-order valence-corrected chi connectivity index (χ1v) is 6.60. The van der Waals surface area contributed by atoms with Gasteiger partial charge in [-0.1, -0.05) is 0 Å². The zero-order valence-corrected chi connectivity index (χ0v) is 11.8. The summed E-state index contributed by atoms with van der Waals surface area (Å²) in [6.07, 6.45) is 0.938. The Bertz CT molecular complexity index is 320. The number of nitrogens with one attached hydrogen (secondary N) is 1. The number of ether oxygens (including phenoxy) is 2. The zero-order valence-electron chi connectivity index (χ0n) is 11.8. The molecule has 1 saturated heterocycles. The van der Waals surface area contributed by atoms with Gasteiger partial charge in [-0.25, -0.2) is 0 Å². The number of hydrogen-bond acceptors (Lipinski definition) is 5. The van der Waals surface area contributed by atoms with Crippen LogP contribution in [0.25, 0.3) is 0 Å². The van der Waals surface area contributed by atoms with Gasteiger partial charge in [0.25, 0.3) is 0 Å². The number of carbonyl (C=O) groups is 1. The van der Waals surface area contributed by atoms with Gasteiger partial charge in [-0.2, -0.15) is 5.26 Å². The van der Waals surface area contributed by atoms with Crippen LogP contribution < -0.4 is 5.32 Å². The summed E-state index contributed by atoms with van der Waals surface area (Å²) in [5.41, 5.74) is -0.915. The molecule has 0 aromatic heterocycles. The SMILES string of the molecule is CN(C)CCOCCNC(=O)C1(C#N)CCOCC1. The van der Waals surface area contributed by atoms with Gasteiger partial charge in [0.05, 0.1) is 19.3 Å². The van der Waals surface area contributed by atoms with Crippen LogP contribution in [0.5, 0.6) is 0 Å². The Morgan fingerprint density at radius 2 is 2.11 bits per heavy atom. The second-order valence-corrected chi connectivity index (χ2v) is 4.98. The minimum absolute atomic E-state index is 0.200. The van der Waals surface area contributed by atoms with Gasteiger partial charge in [-0.05, 0) is 26.9 Å². The molecule has 0 aliphatic carbocycles. The maximum atomic E-state index is 12.0. The van der Waals surface area contributed by atoms with Crippen molar-refractivity contribution in [2.45, 2.75) is 12.8 Å². The Morgan fingerprint density at radius 1 is 1.42 bits per heavy atom. The quantitative estimate of drug-likeness (QED) is 0.659. The van der Waals surface area contributed by atoms with Crippen molar-refractivity contribution in [3.05, 3.63) is 0 Å². The molecule has 108 valence electrons. The highest BCUT2D eigenvalue weighted by atomic mass is 16.5. The summed E-state index contributed by atoms with van der Waals surface area (Å²) in [4.78, 5) is 14.1. The highest BCUT2D eigenvalue weighted by Crippen LogP contribution is 2.29. The lowest BCUT2D eigenvalue weighted by molar-refractivity contribution is -0.132. The van der Waals surface area contributed by atoms with E-state index in [0.717, 1.165) is 6.54 Å². The lowest BCUT2D eigenvalue weighted by atomic mass is 9.81. The first-order chi connectivity index (χ1) is 9.10. The third-order valence-corrected chi connectivity index (χ3v) is 3.21. The second kappa shape index (κ2) is 8.10. The molecule has 0 aromatic rings. The van der Waals surface area contributed by atoms with Gasteiger partial charge >= 0.3 is 0 Å². The monoisotopic (exact) mass is 269 g/mol. The third kappa shape index (κ3) is 5.15. The van der Waals surface area contributed by atoms with E-state index in [-0.39, 0.29) is 5.91 Å². The predicted molar refractivity (Wildman–Crippen MR) is 70.5 cm³/mol. The number of likely N-dealkylation sites (N-methyl/N-ethyl adjacent to an activating group) is 1. The molecule has 1 aliphatic heterocycles. The second-order valence-electron chi connectivity index (χ2n) is 4.98. The zero-order chi connectivity index (χ0) is 14.1. The van der Waals surface area contributed by atoms with Crippen LogP contribution in [0, 0.1) is 16.7 Å². The fraction of sp³-hybridized carbons (Fsp3) is 0.846. The number of nitriles is 1. The molecule has 0 unspecified atom stereocenters. The van der Waals surface area contributed by atoms with Crippen molar-refractivity contribution in [2.75, 3.05) is 53.6 Å². The predicted octanol–water partition coefficient (Wildman–Crippen LogP) is 0.00118. The molecule has 0 atom stereocenters. The molecule has 6 nitrogen and oxygen atoms in total. The topological polar surface area (TPSA) is 74.6 Å². The summed E-state index contributed by atoms with van der Waals surface area (Å²) in [7, 11) is 3.96. The Morgan fingerprint density at radius 3 is 2.68 bits per heavy atom. The minimum atomic E-state index is -0.915. The van der Waals surface area contributed by atoms with Gasteiger partial charge in [-0.15, -0.1) is 0 Å². The van der Waals surface area contributed by atoms with Crippen LogP contribution in [0.3, 0.4) is 0 Å². The highest BCUT2D eigenvalue weighted by molar-refractivity contribution is 5.85. The van der Waals surface area contributed by atoms with Crippen LogP contribution in [0.1, 0.15) is 12.8 Å². The largest absolute Gasteiger partial charge is 0.381 e. The van der Waals surface area contributed by atoms with Gasteiger partial charge in [-0.3, -0.25) is 4.79 Å². The van der Waals surface area contributed by atoms with Gasteiger partial charge in [0.15, 0.2) is 0 Å². The molecular formula is C13H23N3O3. The van der Waals surface area contributed by atoms with Crippen molar-refractivity contribution in [1.29, 1.82) is 5.26 Å². The van der Waals surface area contributed by atoms with E-state index in [4.69, 9.17) is 9.47 Å². The Kier molecular flexibility index (Phi) is 6.78. The van der Waals surface area contributed by atoms with Crippen molar-refractivity contribution in [3.63, 3.8) is 0 Å². The molecule has 0 bridgehead atoms. The first-order valence-electron chi connectivity index (χ1n) is 6.60. The minimum Gasteiger partial charge on any atom is -0.381 e. The summed E-state index contributed by atoms with van der Waals surface area (Å²) in [5.74, 6) is -0.200. The molecule has 1 aliphatic rings. The van der Waals surface area contributed by atoms with E-state index in [0.29, 0.717) is 45.8 Å². The van der Waals surface area contributed by atoms with Crippen LogP contribution in [0.4, 0.5) is 0 Å². The summed E-state index contributed by atoms with van der Waals surface area (Å²) in [6.45, 7) is 3.35. The molecule has 1 rings (SSSR count). The van der Waals surface area contributed by atoms with Crippen molar-refractivity contribution in [2.24, 2.45) is 5.41 Å². The Labute approximate surface area is 114 Å². The molecule has 19 heavy (non-hydrogen) atoms. The molecule has 0 radical (unpaired) electrons. The molecule has 0 aromatic carbocycles. The van der Waals surface area contributed by atoms with Gasteiger partial charge < -0.3 is 19.7 Å². The molecule has 1 fully saturated rings. The standard InChI is InChI=1S/C13H23N3O3/c1-16(2)6-10-19-9-5-15-12(17)13(11-14)3-7-18-8-4-13/h3-10H2,1-2H3,(H,15,17). The van der Waals surface area contributed by atoms with E-state index in [9.17, 15) is 10.1 Å². The van der Waals surface area contributed by atoms with Gasteiger partial charge in [0.2, 0.25) is 5.91 Å². The Hall–Kier alpha value is -1.16. The molecular weight excluding hydrogens is 246 g/mol. The van der Waals surface area contributed by atoms with E-state index in [2.05, 4.69) is 11.4 Å². The van der Waals surface area contributed by atoms with Crippen molar-refractivity contribution >= 4 is 5.91 Å². The van der Waals surface area contributed by atoms with Gasteiger partial charge in [0.1, 0.15) is 5.41 Å². The number of hydrogen-bond donors (Lipinski definition) is 1. The molecule has 0 saturated carbocycles. The summed E-state index contributed by atoms with van der Waals surface area (Å²) in [6, 6.07) is 2.14. The summed E-state index contributed by atoms with van der Waals surface area (Å²) < 4.78 is 10.6. The van der Waals surface area contributed by atoms with E-state index in [1.165, 1.54) is 0 Å². The molecule has 6 heteroatoms. The van der Waals surface area contributed by atoms with Crippen LogP contribution in [-0.4, -0.2) is 64.4 Å². The highest BCUT2D eigenvalue weighted by Gasteiger charge is 2.40.